The van der Waals surface area contributed by atoms with Crippen molar-refractivity contribution in [3.63, 3.8) is 0 Å². The number of rotatable bonds is 10. The summed E-state index contributed by atoms with van der Waals surface area (Å²) in [5.41, 5.74) is 0.210. The van der Waals surface area contributed by atoms with Gasteiger partial charge in [-0.15, -0.1) is 0 Å². The molecule has 0 radical (unpaired) electrons. The van der Waals surface area contributed by atoms with Crippen LogP contribution in [-0.4, -0.2) is 102 Å². The van der Waals surface area contributed by atoms with Crippen LogP contribution in [0.5, 0.6) is 11.5 Å². The number of carbonyl (C=O) groups is 4. The first-order chi connectivity index (χ1) is 15.3. The lowest BCUT2D eigenvalue weighted by atomic mass is 10.0. The maximum absolute atomic E-state index is 12.8. The second kappa shape index (κ2) is 10.9. The number of ether oxygens (including phenoxy) is 2. The van der Waals surface area contributed by atoms with Gasteiger partial charge in [0, 0.05) is 24.7 Å². The van der Waals surface area contributed by atoms with E-state index in [9.17, 15) is 19.2 Å². The number of carbonyl (C=O) groups excluding carboxylic acids is 2. The highest BCUT2D eigenvalue weighted by Gasteiger charge is 2.30. The molecule has 2 aliphatic rings. The number of nitrogens with zero attached hydrogens (tertiary/aromatic N) is 2. The predicted molar refractivity (Wildman–Crippen MR) is 111 cm³/mol. The molecule has 0 atom stereocenters. The zero-order valence-electron chi connectivity index (χ0n) is 17.6. The zero-order chi connectivity index (χ0) is 23.1. The summed E-state index contributed by atoms with van der Waals surface area (Å²) in [4.78, 5) is 50.7. The molecule has 0 bridgehead atoms. The largest absolute Gasteiger partial charge is 0.479 e. The lowest BCUT2D eigenvalue weighted by molar-refractivity contribution is -0.140. The van der Waals surface area contributed by atoms with Gasteiger partial charge < -0.3 is 29.9 Å². The predicted octanol–water partition coefficient (Wildman–Crippen LogP) is -0.308. The molecule has 3 N–H and O–H groups in total. The van der Waals surface area contributed by atoms with Crippen molar-refractivity contribution in [2.45, 2.75) is 18.9 Å². The third kappa shape index (κ3) is 6.41. The molecule has 11 heteroatoms. The fourth-order valence-corrected chi connectivity index (χ4v) is 3.83. The number of hydrogen-bond donors (Lipinski definition) is 3. The Hall–Kier alpha value is -3.18. The molecule has 2 heterocycles. The van der Waals surface area contributed by atoms with Crippen LogP contribution < -0.4 is 14.8 Å². The standard InChI is InChI=1S/C21H27N3O8/c25-16(10-24-8-7-23(11-19(24)26)15-3-5-22-6-4-15)14-1-2-17(31-12-20(27)28)18(9-14)32-13-21(29)30/h1-2,9,15,22H,3-8,10-13H2,(H,27,28)(H,29,30). The summed E-state index contributed by atoms with van der Waals surface area (Å²) in [6, 6.07) is 4.47. The third-order valence-corrected chi connectivity index (χ3v) is 5.48. The lowest BCUT2D eigenvalue weighted by Gasteiger charge is -2.40. The van der Waals surface area contributed by atoms with Crippen LogP contribution in [0.15, 0.2) is 18.2 Å². The van der Waals surface area contributed by atoms with E-state index in [-0.39, 0.29) is 41.8 Å². The molecule has 3 rings (SSSR count). The number of carboxylic acids is 2. The van der Waals surface area contributed by atoms with Crippen molar-refractivity contribution in [1.29, 1.82) is 0 Å². The molecule has 0 aliphatic carbocycles. The van der Waals surface area contributed by atoms with E-state index < -0.39 is 25.2 Å². The Morgan fingerprint density at radius 3 is 2.28 bits per heavy atom. The summed E-state index contributed by atoms with van der Waals surface area (Å²) in [6.45, 7) is 1.89. The van der Waals surface area contributed by atoms with Crippen LogP contribution in [0, 0.1) is 0 Å². The number of nitrogens with one attached hydrogen (secondary N) is 1. The van der Waals surface area contributed by atoms with Crippen molar-refractivity contribution in [1.82, 2.24) is 15.1 Å². The molecule has 1 aromatic rings. The summed E-state index contributed by atoms with van der Waals surface area (Å²) in [7, 11) is 0. The van der Waals surface area contributed by atoms with Gasteiger partial charge in [-0.1, -0.05) is 0 Å². The minimum absolute atomic E-state index is 0.0110. The van der Waals surface area contributed by atoms with Gasteiger partial charge in [0.2, 0.25) is 5.91 Å². The molecule has 174 valence electrons. The quantitative estimate of drug-likeness (QED) is 0.407. The van der Waals surface area contributed by atoms with Gasteiger partial charge in [0.1, 0.15) is 0 Å². The van der Waals surface area contributed by atoms with Gasteiger partial charge in [-0.2, -0.15) is 0 Å². The van der Waals surface area contributed by atoms with E-state index in [1.165, 1.54) is 23.1 Å². The van der Waals surface area contributed by atoms with Gasteiger partial charge >= 0.3 is 11.9 Å². The van der Waals surface area contributed by atoms with E-state index in [2.05, 4.69) is 10.2 Å². The van der Waals surface area contributed by atoms with Crippen molar-refractivity contribution < 1.29 is 38.9 Å². The third-order valence-electron chi connectivity index (χ3n) is 5.48. The first kappa shape index (κ1) is 23.5. The van der Waals surface area contributed by atoms with Gasteiger partial charge in [0.25, 0.3) is 0 Å². The van der Waals surface area contributed by atoms with Crippen molar-refractivity contribution in [3.05, 3.63) is 23.8 Å². The van der Waals surface area contributed by atoms with E-state index in [1.807, 2.05) is 0 Å². The second-order valence-corrected chi connectivity index (χ2v) is 7.72. The molecule has 11 nitrogen and oxygen atoms in total. The number of aliphatic carboxylic acids is 2. The van der Waals surface area contributed by atoms with Crippen LogP contribution in [0.4, 0.5) is 0 Å². The molecule has 32 heavy (non-hydrogen) atoms. The molecule has 0 aromatic heterocycles. The van der Waals surface area contributed by atoms with Crippen LogP contribution in [0.1, 0.15) is 23.2 Å². The monoisotopic (exact) mass is 449 g/mol. The van der Waals surface area contributed by atoms with Crippen molar-refractivity contribution in [2.24, 2.45) is 0 Å². The second-order valence-electron chi connectivity index (χ2n) is 7.72. The van der Waals surface area contributed by atoms with E-state index in [4.69, 9.17) is 19.7 Å². The van der Waals surface area contributed by atoms with Crippen LogP contribution in [0.3, 0.4) is 0 Å². The Labute approximate surface area is 184 Å². The average Bonchev–Trinajstić information content (AvgIpc) is 2.78. The summed E-state index contributed by atoms with van der Waals surface area (Å²) >= 11 is 0. The highest BCUT2D eigenvalue weighted by atomic mass is 16.5. The smallest absolute Gasteiger partial charge is 0.341 e. The Morgan fingerprint density at radius 1 is 1.00 bits per heavy atom. The molecule has 0 unspecified atom stereocenters. The van der Waals surface area contributed by atoms with Gasteiger partial charge in [-0.05, 0) is 44.1 Å². The van der Waals surface area contributed by atoms with E-state index >= 15 is 0 Å². The number of amides is 1. The highest BCUT2D eigenvalue weighted by Crippen LogP contribution is 2.29. The number of ketones is 1. The maximum Gasteiger partial charge on any atom is 0.341 e. The Balaban J connectivity index is 1.63. The van der Waals surface area contributed by atoms with Crippen molar-refractivity contribution >= 4 is 23.6 Å². The SMILES string of the molecule is O=C(O)COc1ccc(C(=O)CN2CCN(C3CCNCC3)CC2=O)cc1OCC(=O)O. The maximum atomic E-state index is 12.8. The minimum atomic E-state index is -1.23. The molecule has 0 spiro atoms. The Kier molecular flexibility index (Phi) is 8.01. The number of hydrogen-bond acceptors (Lipinski definition) is 8. The normalized spacial score (nSPS) is 17.8. The van der Waals surface area contributed by atoms with Crippen LogP contribution in [0.2, 0.25) is 0 Å². The summed E-state index contributed by atoms with van der Waals surface area (Å²) in [5, 5.41) is 20.9. The number of piperidine rings is 1. The average molecular weight is 449 g/mol. The zero-order valence-corrected chi connectivity index (χ0v) is 17.6. The molecular weight excluding hydrogens is 422 g/mol. The fourth-order valence-electron chi connectivity index (χ4n) is 3.83. The molecule has 1 aromatic carbocycles. The summed E-state index contributed by atoms with van der Waals surface area (Å²) in [6.07, 6.45) is 2.00. The first-order valence-electron chi connectivity index (χ1n) is 10.4. The number of piperazine rings is 1. The highest BCUT2D eigenvalue weighted by molar-refractivity contribution is 6.00. The number of Topliss-reactive ketones (excluding diaryl/α,β-unsaturated/α-hetero) is 1. The minimum Gasteiger partial charge on any atom is -0.479 e. The molecule has 0 saturated carbocycles. The van der Waals surface area contributed by atoms with Gasteiger partial charge in [-0.3, -0.25) is 14.5 Å². The fraction of sp³-hybridized carbons (Fsp3) is 0.524. The number of benzene rings is 1. The van der Waals surface area contributed by atoms with Gasteiger partial charge in [0.15, 0.2) is 30.5 Å². The van der Waals surface area contributed by atoms with Gasteiger partial charge in [0.05, 0.1) is 13.1 Å². The molecule has 2 fully saturated rings. The Bertz CT molecular complexity index is 869. The van der Waals surface area contributed by atoms with Crippen molar-refractivity contribution in [3.8, 4) is 11.5 Å². The molecular formula is C21H27N3O8. The molecule has 2 aliphatic heterocycles. The van der Waals surface area contributed by atoms with Gasteiger partial charge in [-0.25, -0.2) is 9.59 Å². The van der Waals surface area contributed by atoms with Crippen LogP contribution in [0.25, 0.3) is 0 Å². The van der Waals surface area contributed by atoms with Crippen LogP contribution in [-0.2, 0) is 14.4 Å². The van der Waals surface area contributed by atoms with Crippen molar-refractivity contribution in [2.75, 3.05) is 52.5 Å². The summed E-state index contributed by atoms with van der Waals surface area (Å²) in [5.74, 6) is -2.93. The molecule has 1 amide bonds. The summed E-state index contributed by atoms with van der Waals surface area (Å²) < 4.78 is 10.3. The van der Waals surface area contributed by atoms with Crippen LogP contribution >= 0.6 is 0 Å². The Morgan fingerprint density at radius 2 is 1.66 bits per heavy atom. The van der Waals surface area contributed by atoms with E-state index in [1.54, 1.807) is 0 Å². The lowest BCUT2D eigenvalue weighted by Crippen LogP contribution is -2.56. The number of carboxylic acid groups (broad SMARTS) is 2. The molecule has 2 saturated heterocycles. The van der Waals surface area contributed by atoms with E-state index in [0.717, 1.165) is 25.9 Å². The van der Waals surface area contributed by atoms with E-state index in [0.29, 0.717) is 19.1 Å². The first-order valence-corrected chi connectivity index (χ1v) is 10.4. The topological polar surface area (TPSA) is 146 Å².